The Labute approximate surface area is 110 Å². The van der Waals surface area contributed by atoms with Gasteiger partial charge in [0.1, 0.15) is 0 Å². The van der Waals surface area contributed by atoms with Crippen molar-refractivity contribution in [2.45, 2.75) is 19.9 Å². The second-order valence-corrected chi connectivity index (χ2v) is 4.79. The highest BCUT2D eigenvalue weighted by Crippen LogP contribution is 2.23. The summed E-state index contributed by atoms with van der Waals surface area (Å²) < 4.78 is 5.46. The van der Waals surface area contributed by atoms with Crippen molar-refractivity contribution >= 4 is 23.0 Å². The fourth-order valence-corrected chi connectivity index (χ4v) is 2.11. The number of hydrogen-bond donors (Lipinski definition) is 1. The van der Waals surface area contributed by atoms with Crippen LogP contribution < -0.4 is 0 Å². The summed E-state index contributed by atoms with van der Waals surface area (Å²) in [7, 11) is 0. The molecule has 0 bridgehead atoms. The Morgan fingerprint density at radius 2 is 2.37 bits per heavy atom. The minimum absolute atomic E-state index is 0.0692. The van der Waals surface area contributed by atoms with Crippen LogP contribution in [-0.4, -0.2) is 33.5 Å². The number of nitrogens with one attached hydrogen (secondary N) is 1. The van der Waals surface area contributed by atoms with E-state index in [0.717, 1.165) is 16.6 Å². The van der Waals surface area contributed by atoms with Gasteiger partial charge >= 0.3 is 0 Å². The maximum Gasteiger partial charge on any atom is 0.291 e. The molecule has 1 aliphatic rings. The first-order valence-electron chi connectivity index (χ1n) is 6.24. The number of fused-ring (bicyclic) bond motifs is 1. The van der Waals surface area contributed by atoms with Crippen LogP contribution in [0.4, 0.5) is 0 Å². The Hall–Kier alpha value is -2.30. The Morgan fingerprint density at radius 3 is 3.11 bits per heavy atom. The molecule has 3 heterocycles. The van der Waals surface area contributed by atoms with Gasteiger partial charge in [0.05, 0.1) is 11.0 Å². The quantitative estimate of drug-likeness (QED) is 0.838. The Morgan fingerprint density at radius 1 is 1.53 bits per heavy atom. The second kappa shape index (κ2) is 4.42. The van der Waals surface area contributed by atoms with Gasteiger partial charge in [0.15, 0.2) is 12.5 Å². The van der Waals surface area contributed by atoms with E-state index in [4.69, 9.17) is 4.74 Å². The lowest BCUT2D eigenvalue weighted by molar-refractivity contribution is -0.126. The largest absolute Gasteiger partial charge is 0.467 e. The smallest absolute Gasteiger partial charge is 0.291 e. The number of hydrogen-bond acceptors (Lipinski definition) is 3. The number of pyridine rings is 1. The van der Waals surface area contributed by atoms with Gasteiger partial charge in [0, 0.05) is 24.0 Å². The molecule has 1 aliphatic heterocycles. The summed E-state index contributed by atoms with van der Waals surface area (Å²) >= 11 is 0. The molecule has 0 spiro atoms. The molecule has 0 aliphatic carbocycles. The lowest BCUT2D eigenvalue weighted by Gasteiger charge is -2.16. The van der Waals surface area contributed by atoms with E-state index < -0.39 is 0 Å². The minimum atomic E-state index is -0.0692. The van der Waals surface area contributed by atoms with Crippen molar-refractivity contribution in [3.63, 3.8) is 0 Å². The molecule has 5 nitrogen and oxygen atoms in total. The summed E-state index contributed by atoms with van der Waals surface area (Å²) in [4.78, 5) is 21.2. The molecule has 1 saturated heterocycles. The third-order valence-corrected chi connectivity index (χ3v) is 3.21. The molecule has 98 valence electrons. The SMILES string of the molecule is CC(C)N1CO/C(=C\c2c[nH]c3cccnc23)C1=O. The number of carbonyl (C=O) groups is 1. The molecule has 0 aromatic carbocycles. The van der Waals surface area contributed by atoms with E-state index in [1.54, 1.807) is 17.2 Å². The van der Waals surface area contributed by atoms with Crippen molar-refractivity contribution in [2.24, 2.45) is 0 Å². The van der Waals surface area contributed by atoms with Crippen molar-refractivity contribution in [3.8, 4) is 0 Å². The number of carbonyl (C=O) groups excluding carboxylic acids is 1. The molecule has 3 rings (SSSR count). The number of amides is 1. The summed E-state index contributed by atoms with van der Waals surface area (Å²) in [6, 6.07) is 3.95. The molecule has 1 amide bonds. The average Bonchev–Trinajstić information content (AvgIpc) is 2.96. The van der Waals surface area contributed by atoms with Gasteiger partial charge in [0.2, 0.25) is 0 Å². The standard InChI is InChI=1S/C14H15N3O2/c1-9(2)17-8-19-12(14(17)18)6-10-7-16-11-4-3-5-15-13(10)11/h3-7,9,16H,8H2,1-2H3/b12-6-. The predicted octanol–water partition coefficient (Wildman–Crippen LogP) is 2.13. The summed E-state index contributed by atoms with van der Waals surface area (Å²) in [5.41, 5.74) is 2.65. The van der Waals surface area contributed by atoms with Crippen molar-refractivity contribution in [3.05, 3.63) is 35.8 Å². The van der Waals surface area contributed by atoms with Gasteiger partial charge in [-0.3, -0.25) is 9.78 Å². The van der Waals surface area contributed by atoms with E-state index in [0.29, 0.717) is 12.5 Å². The summed E-state index contributed by atoms with van der Waals surface area (Å²) in [5.74, 6) is 0.306. The van der Waals surface area contributed by atoms with Crippen LogP contribution in [0.25, 0.3) is 17.1 Å². The summed E-state index contributed by atoms with van der Waals surface area (Å²) in [6.45, 7) is 4.26. The molecule has 0 saturated carbocycles. The Balaban J connectivity index is 1.96. The highest BCUT2D eigenvalue weighted by Gasteiger charge is 2.29. The molecular weight excluding hydrogens is 242 g/mol. The van der Waals surface area contributed by atoms with Crippen LogP contribution in [0.15, 0.2) is 30.3 Å². The van der Waals surface area contributed by atoms with Gasteiger partial charge in [-0.2, -0.15) is 0 Å². The second-order valence-electron chi connectivity index (χ2n) is 4.79. The topological polar surface area (TPSA) is 58.2 Å². The van der Waals surface area contributed by atoms with Crippen molar-refractivity contribution in [1.82, 2.24) is 14.9 Å². The zero-order chi connectivity index (χ0) is 13.4. The summed E-state index contributed by atoms with van der Waals surface area (Å²) in [5, 5.41) is 0. The lowest BCUT2D eigenvalue weighted by Crippen LogP contribution is -2.32. The molecular formula is C14H15N3O2. The average molecular weight is 257 g/mol. The molecule has 1 N–H and O–H groups in total. The van der Waals surface area contributed by atoms with Crippen LogP contribution in [-0.2, 0) is 9.53 Å². The van der Waals surface area contributed by atoms with E-state index in [1.165, 1.54) is 0 Å². The third-order valence-electron chi connectivity index (χ3n) is 3.21. The molecule has 0 radical (unpaired) electrons. The number of rotatable bonds is 2. The maximum atomic E-state index is 12.1. The monoisotopic (exact) mass is 257 g/mol. The number of aromatic amines is 1. The predicted molar refractivity (Wildman–Crippen MR) is 72.0 cm³/mol. The third kappa shape index (κ3) is 1.97. The first kappa shape index (κ1) is 11.8. The van der Waals surface area contributed by atoms with Gasteiger partial charge in [0.25, 0.3) is 5.91 Å². The van der Waals surface area contributed by atoms with Crippen LogP contribution in [0, 0.1) is 0 Å². The highest BCUT2D eigenvalue weighted by atomic mass is 16.5. The van der Waals surface area contributed by atoms with Crippen molar-refractivity contribution < 1.29 is 9.53 Å². The first-order chi connectivity index (χ1) is 9.16. The molecule has 0 atom stereocenters. The van der Waals surface area contributed by atoms with Gasteiger partial charge in [-0.25, -0.2) is 0 Å². The van der Waals surface area contributed by atoms with Gasteiger partial charge < -0.3 is 14.6 Å². The fraction of sp³-hybridized carbons (Fsp3) is 0.286. The Bertz CT molecular complexity index is 658. The van der Waals surface area contributed by atoms with Gasteiger partial charge in [-0.05, 0) is 32.1 Å². The van der Waals surface area contributed by atoms with E-state index in [-0.39, 0.29) is 11.9 Å². The number of nitrogens with zero attached hydrogens (tertiary/aromatic N) is 2. The zero-order valence-electron chi connectivity index (χ0n) is 10.9. The van der Waals surface area contributed by atoms with Crippen LogP contribution in [0.5, 0.6) is 0 Å². The molecule has 2 aromatic rings. The molecule has 2 aromatic heterocycles. The van der Waals surface area contributed by atoms with E-state index >= 15 is 0 Å². The molecule has 5 heteroatoms. The first-order valence-corrected chi connectivity index (χ1v) is 6.24. The van der Waals surface area contributed by atoms with Crippen LogP contribution in [0.2, 0.25) is 0 Å². The molecule has 0 unspecified atom stereocenters. The van der Waals surface area contributed by atoms with Gasteiger partial charge in [-0.15, -0.1) is 0 Å². The normalized spacial score (nSPS) is 17.7. The van der Waals surface area contributed by atoms with E-state index in [2.05, 4.69) is 9.97 Å². The van der Waals surface area contributed by atoms with Crippen LogP contribution >= 0.6 is 0 Å². The lowest BCUT2D eigenvalue weighted by atomic mass is 10.2. The van der Waals surface area contributed by atoms with E-state index in [1.807, 2.05) is 32.2 Å². The minimum Gasteiger partial charge on any atom is -0.467 e. The zero-order valence-corrected chi connectivity index (χ0v) is 10.9. The number of aromatic nitrogens is 2. The number of H-pyrrole nitrogens is 1. The van der Waals surface area contributed by atoms with Gasteiger partial charge in [-0.1, -0.05) is 0 Å². The van der Waals surface area contributed by atoms with Crippen LogP contribution in [0.3, 0.4) is 0 Å². The number of ether oxygens (including phenoxy) is 1. The van der Waals surface area contributed by atoms with Crippen molar-refractivity contribution in [1.29, 1.82) is 0 Å². The summed E-state index contributed by atoms with van der Waals surface area (Å²) in [6.07, 6.45) is 5.31. The molecule has 19 heavy (non-hydrogen) atoms. The molecule has 1 fully saturated rings. The van der Waals surface area contributed by atoms with Crippen molar-refractivity contribution in [2.75, 3.05) is 6.73 Å². The van der Waals surface area contributed by atoms with E-state index in [9.17, 15) is 4.79 Å². The Kier molecular flexibility index (Phi) is 2.74. The fourth-order valence-electron chi connectivity index (χ4n) is 2.11. The maximum absolute atomic E-state index is 12.1. The highest BCUT2D eigenvalue weighted by molar-refractivity contribution is 5.99. The van der Waals surface area contributed by atoms with Crippen LogP contribution in [0.1, 0.15) is 19.4 Å².